The van der Waals surface area contributed by atoms with Crippen LogP contribution in [0.4, 0.5) is 5.82 Å². The van der Waals surface area contributed by atoms with Gasteiger partial charge in [-0.3, -0.25) is 0 Å². The Hall–Kier alpha value is -0.390. The molecule has 1 aliphatic rings. The van der Waals surface area contributed by atoms with Gasteiger partial charge in [-0.1, -0.05) is 19.3 Å². The Kier molecular flexibility index (Phi) is 4.17. The number of hydrogen-bond donors (Lipinski definition) is 0. The molecule has 1 saturated heterocycles. The van der Waals surface area contributed by atoms with Gasteiger partial charge in [0.05, 0.1) is 3.57 Å². The molecule has 0 aromatic carbocycles. The van der Waals surface area contributed by atoms with E-state index in [0.717, 1.165) is 22.5 Å². The zero-order chi connectivity index (χ0) is 10.5. The van der Waals surface area contributed by atoms with Gasteiger partial charge in [0.25, 0.3) is 0 Å². The van der Waals surface area contributed by atoms with Gasteiger partial charge in [-0.2, -0.15) is 0 Å². The molecule has 0 bridgehead atoms. The first-order valence-electron chi connectivity index (χ1n) is 5.58. The second-order valence-corrected chi connectivity index (χ2v) is 5.11. The minimum Gasteiger partial charge on any atom is -0.356 e. The monoisotopic (exact) mass is 317 g/mol. The van der Waals surface area contributed by atoms with Crippen molar-refractivity contribution in [1.29, 1.82) is 0 Å². The Balaban J connectivity index is 2.10. The van der Waals surface area contributed by atoms with Crippen molar-refractivity contribution in [1.82, 2.24) is 9.97 Å². The zero-order valence-corrected chi connectivity index (χ0v) is 11.0. The third-order valence-electron chi connectivity index (χ3n) is 2.80. The highest BCUT2D eigenvalue weighted by molar-refractivity contribution is 14.1. The molecule has 0 amide bonds. The Morgan fingerprint density at radius 1 is 1.07 bits per heavy atom. The van der Waals surface area contributed by atoms with Crippen molar-refractivity contribution >= 4 is 28.4 Å². The number of hydrogen-bond acceptors (Lipinski definition) is 3. The van der Waals surface area contributed by atoms with Gasteiger partial charge in [-0.25, -0.2) is 9.97 Å². The minimum atomic E-state index is 1.12. The standard InChI is InChI=1S/C11H16IN3/c12-10-8-13-9-14-11(10)15-6-4-2-1-3-5-7-15/h8-9H,1-7H2. The van der Waals surface area contributed by atoms with Crippen molar-refractivity contribution in [3.8, 4) is 0 Å². The minimum absolute atomic E-state index is 1.12. The van der Waals surface area contributed by atoms with Crippen molar-refractivity contribution in [2.24, 2.45) is 0 Å². The van der Waals surface area contributed by atoms with Crippen LogP contribution in [0.2, 0.25) is 0 Å². The van der Waals surface area contributed by atoms with Gasteiger partial charge in [-0.05, 0) is 35.4 Å². The van der Waals surface area contributed by atoms with Crippen LogP contribution in [-0.4, -0.2) is 23.1 Å². The zero-order valence-electron chi connectivity index (χ0n) is 8.82. The maximum Gasteiger partial charge on any atom is 0.145 e. The third-order valence-corrected chi connectivity index (χ3v) is 3.56. The van der Waals surface area contributed by atoms with Gasteiger partial charge >= 0.3 is 0 Å². The summed E-state index contributed by atoms with van der Waals surface area (Å²) in [6, 6.07) is 0. The van der Waals surface area contributed by atoms with Crippen LogP contribution in [-0.2, 0) is 0 Å². The summed E-state index contributed by atoms with van der Waals surface area (Å²) >= 11 is 2.32. The average Bonchev–Trinajstić information content (AvgIpc) is 2.19. The van der Waals surface area contributed by atoms with Gasteiger partial charge in [0.1, 0.15) is 12.1 Å². The summed E-state index contributed by atoms with van der Waals surface area (Å²) in [7, 11) is 0. The molecule has 0 unspecified atom stereocenters. The molecule has 0 spiro atoms. The Bertz CT molecular complexity index is 308. The first-order chi connectivity index (χ1) is 7.38. The second kappa shape index (κ2) is 5.63. The third kappa shape index (κ3) is 3.03. The van der Waals surface area contributed by atoms with E-state index < -0.39 is 0 Å². The lowest BCUT2D eigenvalue weighted by molar-refractivity contribution is 0.553. The largest absolute Gasteiger partial charge is 0.356 e. The molecule has 0 radical (unpaired) electrons. The second-order valence-electron chi connectivity index (χ2n) is 3.95. The summed E-state index contributed by atoms with van der Waals surface area (Å²) in [5, 5.41) is 0. The maximum absolute atomic E-state index is 4.38. The fourth-order valence-electron chi connectivity index (χ4n) is 2.00. The summed E-state index contributed by atoms with van der Waals surface area (Å²) in [5.74, 6) is 1.12. The van der Waals surface area contributed by atoms with E-state index in [0.29, 0.717) is 0 Å². The van der Waals surface area contributed by atoms with Crippen LogP contribution in [0.1, 0.15) is 32.1 Å². The summed E-state index contributed by atoms with van der Waals surface area (Å²) in [6.45, 7) is 2.29. The van der Waals surface area contributed by atoms with Crippen LogP contribution in [0, 0.1) is 3.57 Å². The highest BCUT2D eigenvalue weighted by atomic mass is 127. The predicted molar refractivity (Wildman–Crippen MR) is 70.0 cm³/mol. The molecular formula is C11H16IN3. The summed E-state index contributed by atoms with van der Waals surface area (Å²) in [4.78, 5) is 10.8. The van der Waals surface area contributed by atoms with E-state index >= 15 is 0 Å². The normalized spacial score (nSPS) is 18.3. The van der Waals surface area contributed by atoms with Crippen LogP contribution in [0.5, 0.6) is 0 Å². The number of rotatable bonds is 1. The molecule has 0 N–H and O–H groups in total. The Morgan fingerprint density at radius 3 is 2.40 bits per heavy atom. The van der Waals surface area contributed by atoms with Crippen LogP contribution < -0.4 is 4.90 Å². The molecular weight excluding hydrogens is 301 g/mol. The molecule has 1 aromatic heterocycles. The summed E-state index contributed by atoms with van der Waals surface area (Å²) in [5.41, 5.74) is 0. The summed E-state index contributed by atoms with van der Waals surface area (Å²) in [6.07, 6.45) is 10.2. The number of halogens is 1. The number of anilines is 1. The van der Waals surface area contributed by atoms with Crippen molar-refractivity contribution < 1.29 is 0 Å². The van der Waals surface area contributed by atoms with Crippen molar-refractivity contribution in [3.63, 3.8) is 0 Å². The molecule has 4 heteroatoms. The van der Waals surface area contributed by atoms with Crippen LogP contribution in [0.15, 0.2) is 12.5 Å². The number of aromatic nitrogens is 2. The van der Waals surface area contributed by atoms with E-state index in [-0.39, 0.29) is 0 Å². The fourth-order valence-corrected chi connectivity index (χ4v) is 2.64. The molecule has 1 fully saturated rings. The van der Waals surface area contributed by atoms with E-state index in [9.17, 15) is 0 Å². The highest BCUT2D eigenvalue weighted by Gasteiger charge is 2.12. The van der Waals surface area contributed by atoms with Gasteiger partial charge in [0.2, 0.25) is 0 Å². The molecule has 2 rings (SSSR count). The lowest BCUT2D eigenvalue weighted by atomic mass is 10.1. The molecule has 0 saturated carbocycles. The smallest absolute Gasteiger partial charge is 0.145 e. The first-order valence-corrected chi connectivity index (χ1v) is 6.66. The Labute approximate surface area is 104 Å². The molecule has 0 aliphatic carbocycles. The number of nitrogens with zero attached hydrogens (tertiary/aromatic N) is 3. The first kappa shape index (κ1) is 11.1. The van der Waals surface area contributed by atoms with E-state index in [1.54, 1.807) is 6.33 Å². The van der Waals surface area contributed by atoms with Crippen molar-refractivity contribution in [2.75, 3.05) is 18.0 Å². The van der Waals surface area contributed by atoms with Gasteiger partial charge in [-0.15, -0.1) is 0 Å². The lowest BCUT2D eigenvalue weighted by Crippen LogP contribution is -2.28. The topological polar surface area (TPSA) is 29.0 Å². The van der Waals surface area contributed by atoms with Gasteiger partial charge < -0.3 is 4.90 Å². The molecule has 2 heterocycles. The van der Waals surface area contributed by atoms with E-state index in [1.165, 1.54) is 32.1 Å². The van der Waals surface area contributed by atoms with Crippen LogP contribution in [0.25, 0.3) is 0 Å². The summed E-state index contributed by atoms with van der Waals surface area (Å²) < 4.78 is 1.16. The van der Waals surface area contributed by atoms with Gasteiger partial charge in [0.15, 0.2) is 0 Å². The van der Waals surface area contributed by atoms with Crippen molar-refractivity contribution in [3.05, 3.63) is 16.1 Å². The fraction of sp³-hybridized carbons (Fsp3) is 0.636. The molecule has 15 heavy (non-hydrogen) atoms. The van der Waals surface area contributed by atoms with E-state index in [2.05, 4.69) is 37.5 Å². The molecule has 3 nitrogen and oxygen atoms in total. The highest BCUT2D eigenvalue weighted by Crippen LogP contribution is 2.21. The molecule has 1 aliphatic heterocycles. The van der Waals surface area contributed by atoms with Crippen LogP contribution >= 0.6 is 22.6 Å². The average molecular weight is 317 g/mol. The molecule has 1 aromatic rings. The Morgan fingerprint density at radius 2 is 1.73 bits per heavy atom. The van der Waals surface area contributed by atoms with Crippen LogP contribution in [0.3, 0.4) is 0 Å². The molecule has 82 valence electrons. The maximum atomic E-state index is 4.38. The lowest BCUT2D eigenvalue weighted by Gasteiger charge is -2.26. The van der Waals surface area contributed by atoms with Crippen molar-refractivity contribution in [2.45, 2.75) is 32.1 Å². The quantitative estimate of drug-likeness (QED) is 0.746. The SMILES string of the molecule is Ic1cncnc1N1CCCCCCC1. The molecule has 0 atom stereocenters. The van der Waals surface area contributed by atoms with E-state index in [4.69, 9.17) is 0 Å². The van der Waals surface area contributed by atoms with E-state index in [1.807, 2.05) is 6.20 Å². The van der Waals surface area contributed by atoms with Gasteiger partial charge in [0, 0.05) is 19.3 Å². The predicted octanol–water partition coefficient (Wildman–Crippen LogP) is 2.85.